The number of rotatable bonds is 8. The Morgan fingerprint density at radius 1 is 1.04 bits per heavy atom. The molecule has 0 saturated heterocycles. The highest BCUT2D eigenvalue weighted by molar-refractivity contribution is 5.86. The number of halogens is 1. The average Bonchev–Trinajstić information content (AvgIpc) is 2.61. The molecule has 0 aliphatic heterocycles. The molecule has 0 aliphatic rings. The topological polar surface area (TPSA) is 92.4 Å². The minimum absolute atomic E-state index is 0.0623. The number of hydrogen-bond donors (Lipinski definition) is 3. The van der Waals surface area contributed by atoms with Crippen molar-refractivity contribution in [2.45, 2.75) is 31.3 Å². The van der Waals surface area contributed by atoms with Gasteiger partial charge in [0.2, 0.25) is 5.91 Å². The number of carboxylic acids is 1. The molecule has 25 heavy (non-hydrogen) atoms. The Hall–Kier alpha value is -2.73. The number of nitrogens with two attached hydrogens (primary N) is 1. The number of carbonyl (C=O) groups excluding carboxylic acids is 1. The second kappa shape index (κ2) is 8.94. The van der Waals surface area contributed by atoms with Crippen molar-refractivity contribution in [3.05, 3.63) is 71.5 Å². The first-order chi connectivity index (χ1) is 12.0. The summed E-state index contributed by atoms with van der Waals surface area (Å²) in [4.78, 5) is 23.5. The van der Waals surface area contributed by atoms with Crippen molar-refractivity contribution in [2.75, 3.05) is 0 Å². The van der Waals surface area contributed by atoms with Crippen LogP contribution in [-0.4, -0.2) is 29.1 Å². The highest BCUT2D eigenvalue weighted by Crippen LogP contribution is 2.08. The highest BCUT2D eigenvalue weighted by Gasteiger charge is 2.23. The van der Waals surface area contributed by atoms with Gasteiger partial charge in [0.25, 0.3) is 0 Å². The second-order valence-corrected chi connectivity index (χ2v) is 5.86. The van der Waals surface area contributed by atoms with Crippen LogP contribution >= 0.6 is 0 Å². The molecule has 2 aromatic carbocycles. The van der Waals surface area contributed by atoms with Crippen LogP contribution in [0.4, 0.5) is 4.39 Å². The van der Waals surface area contributed by atoms with Crippen molar-refractivity contribution < 1.29 is 19.1 Å². The number of aliphatic carboxylic acids is 1. The molecule has 0 radical (unpaired) electrons. The predicted molar refractivity (Wildman–Crippen MR) is 92.4 cm³/mol. The second-order valence-electron chi connectivity index (χ2n) is 5.86. The summed E-state index contributed by atoms with van der Waals surface area (Å²) >= 11 is 0. The lowest BCUT2D eigenvalue weighted by Crippen LogP contribution is -2.49. The zero-order valence-corrected chi connectivity index (χ0v) is 13.7. The van der Waals surface area contributed by atoms with E-state index < -0.39 is 29.8 Å². The van der Waals surface area contributed by atoms with Crippen LogP contribution in [-0.2, 0) is 22.4 Å². The van der Waals surface area contributed by atoms with Gasteiger partial charge in [-0.05, 0) is 36.1 Å². The summed E-state index contributed by atoms with van der Waals surface area (Å²) in [6.45, 7) is 0. The lowest BCUT2D eigenvalue weighted by molar-refractivity contribution is -0.142. The summed E-state index contributed by atoms with van der Waals surface area (Å²) in [7, 11) is 0. The van der Waals surface area contributed by atoms with Crippen molar-refractivity contribution >= 4 is 11.9 Å². The molecule has 2 rings (SSSR count). The highest BCUT2D eigenvalue weighted by atomic mass is 19.1. The molecule has 0 fully saturated rings. The third-order valence-electron chi connectivity index (χ3n) is 3.89. The molecule has 2 atom stereocenters. The molecule has 0 aliphatic carbocycles. The molecule has 0 spiro atoms. The van der Waals surface area contributed by atoms with Crippen LogP contribution in [0.3, 0.4) is 0 Å². The Bertz CT molecular complexity index is 704. The first kappa shape index (κ1) is 18.6. The van der Waals surface area contributed by atoms with Gasteiger partial charge in [0, 0.05) is 6.42 Å². The molecule has 0 bridgehead atoms. The molecule has 1 amide bonds. The van der Waals surface area contributed by atoms with Crippen LogP contribution < -0.4 is 11.1 Å². The normalized spacial score (nSPS) is 13.0. The van der Waals surface area contributed by atoms with Gasteiger partial charge >= 0.3 is 5.97 Å². The smallest absolute Gasteiger partial charge is 0.326 e. The SMILES string of the molecule is N[C@@H](CCc1ccccc1)C(=O)NC(Cc1ccc(F)cc1)C(=O)O. The van der Waals surface area contributed by atoms with Crippen LogP contribution in [0.1, 0.15) is 17.5 Å². The number of carboxylic acid groups (broad SMARTS) is 1. The Morgan fingerprint density at radius 3 is 2.28 bits per heavy atom. The maximum atomic E-state index is 12.9. The monoisotopic (exact) mass is 344 g/mol. The molecule has 0 saturated carbocycles. The number of hydrogen-bond acceptors (Lipinski definition) is 3. The first-order valence-corrected chi connectivity index (χ1v) is 8.03. The molecule has 0 aromatic heterocycles. The van der Waals surface area contributed by atoms with E-state index in [1.807, 2.05) is 30.3 Å². The van der Waals surface area contributed by atoms with E-state index in [4.69, 9.17) is 5.73 Å². The quantitative estimate of drug-likeness (QED) is 0.682. The lowest BCUT2D eigenvalue weighted by atomic mass is 10.0. The van der Waals surface area contributed by atoms with Crippen LogP contribution in [0.25, 0.3) is 0 Å². The fourth-order valence-electron chi connectivity index (χ4n) is 2.43. The Balaban J connectivity index is 1.90. The van der Waals surface area contributed by atoms with Gasteiger partial charge < -0.3 is 16.2 Å². The molecule has 5 nitrogen and oxygen atoms in total. The number of aryl methyl sites for hydroxylation is 1. The van der Waals surface area contributed by atoms with Gasteiger partial charge in [-0.1, -0.05) is 42.5 Å². The van der Waals surface area contributed by atoms with E-state index in [-0.39, 0.29) is 6.42 Å². The third-order valence-corrected chi connectivity index (χ3v) is 3.89. The summed E-state index contributed by atoms with van der Waals surface area (Å²) in [5.74, 6) is -2.07. The number of nitrogens with one attached hydrogen (secondary N) is 1. The van der Waals surface area contributed by atoms with Gasteiger partial charge in [0.05, 0.1) is 6.04 Å². The number of amides is 1. The van der Waals surface area contributed by atoms with E-state index in [0.717, 1.165) is 5.56 Å². The number of carbonyl (C=O) groups is 2. The third kappa shape index (κ3) is 6.00. The van der Waals surface area contributed by atoms with Crippen molar-refractivity contribution in [1.29, 1.82) is 0 Å². The Labute approximate surface area is 145 Å². The predicted octanol–water partition coefficient (Wildman–Crippen LogP) is 1.90. The molecule has 0 heterocycles. The molecular weight excluding hydrogens is 323 g/mol. The van der Waals surface area contributed by atoms with Crippen molar-refractivity contribution in [2.24, 2.45) is 5.73 Å². The van der Waals surface area contributed by atoms with Crippen LogP contribution in [0, 0.1) is 5.82 Å². The van der Waals surface area contributed by atoms with E-state index in [1.54, 1.807) is 0 Å². The van der Waals surface area contributed by atoms with Crippen LogP contribution in [0.5, 0.6) is 0 Å². The summed E-state index contributed by atoms with van der Waals surface area (Å²) in [6, 6.07) is 13.2. The first-order valence-electron chi connectivity index (χ1n) is 8.03. The molecule has 1 unspecified atom stereocenters. The Kier molecular flexibility index (Phi) is 6.65. The maximum Gasteiger partial charge on any atom is 0.326 e. The van der Waals surface area contributed by atoms with Gasteiger partial charge in [-0.2, -0.15) is 0 Å². The van der Waals surface area contributed by atoms with Gasteiger partial charge in [-0.15, -0.1) is 0 Å². The Morgan fingerprint density at radius 2 is 1.68 bits per heavy atom. The number of benzene rings is 2. The molecule has 4 N–H and O–H groups in total. The zero-order chi connectivity index (χ0) is 18.2. The fraction of sp³-hybridized carbons (Fsp3) is 0.263. The average molecular weight is 344 g/mol. The van der Waals surface area contributed by atoms with Crippen molar-refractivity contribution in [3.8, 4) is 0 Å². The minimum atomic E-state index is -1.16. The molecule has 132 valence electrons. The van der Waals surface area contributed by atoms with Crippen molar-refractivity contribution in [3.63, 3.8) is 0 Å². The van der Waals surface area contributed by atoms with E-state index in [2.05, 4.69) is 5.32 Å². The minimum Gasteiger partial charge on any atom is -0.480 e. The summed E-state index contributed by atoms with van der Waals surface area (Å²) < 4.78 is 12.9. The molecular formula is C19H21FN2O3. The van der Waals surface area contributed by atoms with Gasteiger partial charge in [0.1, 0.15) is 11.9 Å². The molecule has 2 aromatic rings. The van der Waals surface area contributed by atoms with Crippen LogP contribution in [0.15, 0.2) is 54.6 Å². The molecule has 6 heteroatoms. The largest absolute Gasteiger partial charge is 0.480 e. The van der Waals surface area contributed by atoms with E-state index >= 15 is 0 Å². The van der Waals surface area contributed by atoms with Gasteiger partial charge in [-0.25, -0.2) is 9.18 Å². The van der Waals surface area contributed by atoms with E-state index in [9.17, 15) is 19.1 Å². The fourth-order valence-corrected chi connectivity index (χ4v) is 2.43. The summed E-state index contributed by atoms with van der Waals surface area (Å²) in [6.07, 6.45) is 1.11. The summed E-state index contributed by atoms with van der Waals surface area (Å²) in [5.41, 5.74) is 7.55. The summed E-state index contributed by atoms with van der Waals surface area (Å²) in [5, 5.41) is 11.8. The maximum absolute atomic E-state index is 12.9. The lowest BCUT2D eigenvalue weighted by Gasteiger charge is -2.18. The van der Waals surface area contributed by atoms with E-state index in [0.29, 0.717) is 18.4 Å². The van der Waals surface area contributed by atoms with Crippen LogP contribution in [0.2, 0.25) is 0 Å². The zero-order valence-electron chi connectivity index (χ0n) is 13.7. The van der Waals surface area contributed by atoms with Gasteiger partial charge in [0.15, 0.2) is 0 Å². The van der Waals surface area contributed by atoms with Crippen molar-refractivity contribution in [1.82, 2.24) is 5.32 Å². The van der Waals surface area contributed by atoms with E-state index in [1.165, 1.54) is 24.3 Å². The van der Waals surface area contributed by atoms with Gasteiger partial charge in [-0.3, -0.25) is 4.79 Å². The standard InChI is InChI=1S/C19H21FN2O3/c20-15-9-6-14(7-10-15)12-17(19(24)25)22-18(23)16(21)11-8-13-4-2-1-3-5-13/h1-7,9-10,16-17H,8,11-12,21H2,(H,22,23)(H,24,25)/t16-,17?/m0/s1.